The minimum Gasteiger partial charge on any atom is -0.493 e. The number of methoxy groups -OCH3 is 2. The highest BCUT2D eigenvalue weighted by Gasteiger charge is 2.22. The summed E-state index contributed by atoms with van der Waals surface area (Å²) < 4.78 is 14.0. The van der Waals surface area contributed by atoms with E-state index in [0.717, 1.165) is 5.56 Å². The molecule has 2 aromatic carbocycles. The van der Waals surface area contributed by atoms with Crippen LogP contribution in [-0.4, -0.2) is 39.7 Å². The molecule has 0 aliphatic heterocycles. The minimum absolute atomic E-state index is 0.194. The predicted molar refractivity (Wildman–Crippen MR) is 117 cm³/mol. The lowest BCUT2D eigenvalue weighted by Gasteiger charge is -2.11. The molecule has 0 saturated heterocycles. The Morgan fingerprint density at radius 2 is 1.74 bits per heavy atom. The van der Waals surface area contributed by atoms with Gasteiger partial charge in [0.2, 0.25) is 0 Å². The van der Waals surface area contributed by atoms with Gasteiger partial charge in [0.05, 0.1) is 20.8 Å². The van der Waals surface area contributed by atoms with E-state index >= 15 is 0 Å². The van der Waals surface area contributed by atoms with Crippen LogP contribution < -0.4 is 14.8 Å². The second kappa shape index (κ2) is 8.93. The van der Waals surface area contributed by atoms with Gasteiger partial charge < -0.3 is 19.4 Å². The Labute approximate surface area is 184 Å². The molecular formula is C22H20ClN5O3. The largest absolute Gasteiger partial charge is 0.493 e. The van der Waals surface area contributed by atoms with Crippen molar-refractivity contribution in [3.8, 4) is 17.3 Å². The van der Waals surface area contributed by atoms with Gasteiger partial charge in [-0.2, -0.15) is 0 Å². The summed E-state index contributed by atoms with van der Waals surface area (Å²) >= 11 is 5.98. The van der Waals surface area contributed by atoms with Crippen LogP contribution in [0.5, 0.6) is 11.5 Å². The molecule has 0 spiro atoms. The lowest BCUT2D eigenvalue weighted by Crippen LogP contribution is -2.16. The summed E-state index contributed by atoms with van der Waals surface area (Å²) in [5.74, 6) is 1.25. The van der Waals surface area contributed by atoms with Gasteiger partial charge >= 0.3 is 0 Å². The summed E-state index contributed by atoms with van der Waals surface area (Å²) in [7, 11) is 3.09. The van der Waals surface area contributed by atoms with Gasteiger partial charge in [-0.1, -0.05) is 28.9 Å². The summed E-state index contributed by atoms with van der Waals surface area (Å²) in [6.07, 6.45) is 3.68. The number of hydrogen-bond acceptors (Lipinski definition) is 5. The summed E-state index contributed by atoms with van der Waals surface area (Å²) in [5.41, 5.74) is 1.72. The molecule has 1 N–H and O–H groups in total. The number of nitrogens with zero attached hydrogens (tertiary/aromatic N) is 4. The molecule has 1 amide bonds. The molecule has 0 bridgehead atoms. The normalized spacial score (nSPS) is 10.7. The Balaban J connectivity index is 1.65. The van der Waals surface area contributed by atoms with Crippen LogP contribution in [0.3, 0.4) is 0 Å². The molecule has 0 aliphatic rings. The molecule has 8 nitrogen and oxygen atoms in total. The molecule has 2 aromatic heterocycles. The van der Waals surface area contributed by atoms with Gasteiger partial charge in [0.1, 0.15) is 0 Å². The molecule has 0 unspecified atom stereocenters. The van der Waals surface area contributed by atoms with E-state index < -0.39 is 5.91 Å². The molecule has 0 atom stereocenters. The van der Waals surface area contributed by atoms with Crippen LogP contribution in [-0.2, 0) is 6.54 Å². The average molecular weight is 438 g/mol. The number of nitrogens with one attached hydrogen (secondary N) is 1. The summed E-state index contributed by atoms with van der Waals surface area (Å²) in [4.78, 5) is 13.1. The van der Waals surface area contributed by atoms with E-state index in [2.05, 4.69) is 15.6 Å². The first-order valence-electron chi connectivity index (χ1n) is 9.43. The van der Waals surface area contributed by atoms with Crippen LogP contribution in [0.4, 0.5) is 5.69 Å². The van der Waals surface area contributed by atoms with E-state index in [1.807, 2.05) is 48.8 Å². The van der Waals surface area contributed by atoms with Crippen LogP contribution in [0.1, 0.15) is 16.1 Å². The number of ether oxygens (including phenoxy) is 2. The monoisotopic (exact) mass is 437 g/mol. The Bertz CT molecular complexity index is 1190. The van der Waals surface area contributed by atoms with E-state index in [1.54, 1.807) is 34.6 Å². The van der Waals surface area contributed by atoms with Crippen molar-refractivity contribution in [1.82, 2.24) is 19.6 Å². The summed E-state index contributed by atoms with van der Waals surface area (Å²) in [6, 6.07) is 16.3. The first-order valence-corrected chi connectivity index (χ1v) is 9.81. The third kappa shape index (κ3) is 4.39. The van der Waals surface area contributed by atoms with Gasteiger partial charge in [-0.25, -0.2) is 4.68 Å². The first-order chi connectivity index (χ1) is 15.1. The molecule has 4 aromatic rings. The second-order valence-electron chi connectivity index (χ2n) is 6.66. The first kappa shape index (κ1) is 20.5. The fourth-order valence-corrected chi connectivity index (χ4v) is 3.29. The van der Waals surface area contributed by atoms with E-state index in [9.17, 15) is 4.79 Å². The number of hydrogen-bond donors (Lipinski definition) is 1. The maximum atomic E-state index is 13.1. The van der Waals surface area contributed by atoms with E-state index in [1.165, 1.54) is 7.11 Å². The lowest BCUT2D eigenvalue weighted by molar-refractivity contribution is 0.102. The molecule has 31 heavy (non-hydrogen) atoms. The highest BCUT2D eigenvalue weighted by Crippen LogP contribution is 2.30. The number of halogens is 1. The van der Waals surface area contributed by atoms with Gasteiger partial charge in [0, 0.05) is 29.2 Å². The SMILES string of the molecule is COc1ccc(NC(=O)c2nnn(Cc3ccc(Cl)cc3)c2-n2cccc2)cc1OC. The van der Waals surface area contributed by atoms with Crippen molar-refractivity contribution in [2.75, 3.05) is 19.5 Å². The van der Waals surface area contributed by atoms with Crippen molar-refractivity contribution in [3.63, 3.8) is 0 Å². The minimum atomic E-state index is -0.390. The van der Waals surface area contributed by atoms with Crippen molar-refractivity contribution in [3.05, 3.63) is 83.3 Å². The number of aromatic nitrogens is 4. The van der Waals surface area contributed by atoms with Crippen molar-refractivity contribution in [1.29, 1.82) is 0 Å². The Hall–Kier alpha value is -3.78. The fraction of sp³-hybridized carbons (Fsp3) is 0.136. The maximum absolute atomic E-state index is 13.1. The summed E-state index contributed by atoms with van der Waals surface area (Å²) in [5, 5.41) is 11.9. The zero-order valence-electron chi connectivity index (χ0n) is 16.9. The smallest absolute Gasteiger partial charge is 0.280 e. The van der Waals surface area contributed by atoms with Crippen molar-refractivity contribution < 1.29 is 14.3 Å². The number of carbonyl (C=O) groups excluding carboxylic acids is 1. The number of carbonyl (C=O) groups is 1. The molecular weight excluding hydrogens is 418 g/mol. The zero-order chi connectivity index (χ0) is 21.8. The predicted octanol–water partition coefficient (Wildman–Crippen LogP) is 4.04. The maximum Gasteiger partial charge on any atom is 0.280 e. The van der Waals surface area contributed by atoms with Gasteiger partial charge in [0.15, 0.2) is 23.0 Å². The van der Waals surface area contributed by atoms with Crippen LogP contribution in [0.2, 0.25) is 5.02 Å². The summed E-state index contributed by atoms with van der Waals surface area (Å²) in [6.45, 7) is 0.432. The van der Waals surface area contributed by atoms with Gasteiger partial charge in [-0.3, -0.25) is 4.79 Å². The van der Waals surface area contributed by atoms with E-state index in [4.69, 9.17) is 21.1 Å². The molecule has 0 radical (unpaired) electrons. The van der Waals surface area contributed by atoms with Crippen molar-refractivity contribution >= 4 is 23.2 Å². The number of rotatable bonds is 7. The second-order valence-corrected chi connectivity index (χ2v) is 7.10. The van der Waals surface area contributed by atoms with Crippen molar-refractivity contribution in [2.24, 2.45) is 0 Å². The van der Waals surface area contributed by atoms with Crippen LogP contribution in [0.15, 0.2) is 67.0 Å². The lowest BCUT2D eigenvalue weighted by atomic mass is 10.2. The number of amides is 1. The molecule has 0 fully saturated rings. The highest BCUT2D eigenvalue weighted by molar-refractivity contribution is 6.30. The molecule has 158 valence electrons. The fourth-order valence-electron chi connectivity index (χ4n) is 3.16. The van der Waals surface area contributed by atoms with Gasteiger partial charge in [-0.15, -0.1) is 5.10 Å². The average Bonchev–Trinajstić information content (AvgIpc) is 3.45. The standard InChI is InChI=1S/C22H20ClN5O3/c1-30-18-10-9-17(13-19(18)31-2)24-21(29)20-22(27-11-3-4-12-27)28(26-25-20)14-15-5-7-16(23)8-6-15/h3-13H,14H2,1-2H3,(H,24,29). The van der Waals surface area contributed by atoms with E-state index in [0.29, 0.717) is 34.6 Å². The molecule has 4 rings (SSSR count). The van der Waals surface area contributed by atoms with E-state index in [-0.39, 0.29) is 5.69 Å². The molecule has 0 saturated carbocycles. The molecule has 9 heteroatoms. The highest BCUT2D eigenvalue weighted by atomic mass is 35.5. The Kier molecular flexibility index (Phi) is 5.90. The van der Waals surface area contributed by atoms with Gasteiger partial charge in [-0.05, 0) is 42.0 Å². The van der Waals surface area contributed by atoms with Crippen LogP contribution in [0, 0.1) is 0 Å². The third-order valence-electron chi connectivity index (χ3n) is 4.66. The quantitative estimate of drug-likeness (QED) is 0.471. The zero-order valence-corrected chi connectivity index (χ0v) is 17.7. The van der Waals surface area contributed by atoms with Crippen molar-refractivity contribution in [2.45, 2.75) is 6.54 Å². The number of benzene rings is 2. The Morgan fingerprint density at radius 1 is 1.03 bits per heavy atom. The third-order valence-corrected chi connectivity index (χ3v) is 4.91. The Morgan fingerprint density at radius 3 is 2.42 bits per heavy atom. The topological polar surface area (TPSA) is 83.2 Å². The van der Waals surface area contributed by atoms with Gasteiger partial charge in [0.25, 0.3) is 5.91 Å². The van der Waals surface area contributed by atoms with Crippen LogP contribution in [0.25, 0.3) is 5.82 Å². The molecule has 2 heterocycles. The molecule has 0 aliphatic carbocycles. The number of anilines is 1. The van der Waals surface area contributed by atoms with Crippen LogP contribution >= 0.6 is 11.6 Å².